The molecular formula is C18H19N3O2. The summed E-state index contributed by atoms with van der Waals surface area (Å²) in [4.78, 5) is 18.7. The number of nitrogens with zero attached hydrogens (tertiary/aromatic N) is 2. The molecule has 5 heteroatoms. The monoisotopic (exact) mass is 309 g/mol. The fourth-order valence-corrected chi connectivity index (χ4v) is 3.35. The summed E-state index contributed by atoms with van der Waals surface area (Å²) in [5.41, 5.74) is 4.49. The average molecular weight is 309 g/mol. The highest BCUT2D eigenvalue weighted by atomic mass is 16.5. The summed E-state index contributed by atoms with van der Waals surface area (Å²) in [6.07, 6.45) is 4.69. The molecule has 1 N–H and O–H groups in total. The van der Waals surface area contributed by atoms with Crippen LogP contribution in [0.3, 0.4) is 0 Å². The summed E-state index contributed by atoms with van der Waals surface area (Å²) in [5, 5.41) is 3.12. The van der Waals surface area contributed by atoms with E-state index in [1.54, 1.807) is 18.1 Å². The predicted molar refractivity (Wildman–Crippen MR) is 89.5 cm³/mol. The Bertz CT molecular complexity index is 773. The summed E-state index contributed by atoms with van der Waals surface area (Å²) < 4.78 is 5.21. The lowest BCUT2D eigenvalue weighted by molar-refractivity contribution is -0.116. The number of methoxy groups -OCH3 is 1. The zero-order valence-corrected chi connectivity index (χ0v) is 13.1. The van der Waals surface area contributed by atoms with Crippen molar-refractivity contribution in [2.75, 3.05) is 23.9 Å². The lowest BCUT2D eigenvalue weighted by Gasteiger charge is -2.30. The van der Waals surface area contributed by atoms with Crippen LogP contribution in [0.1, 0.15) is 24.0 Å². The standard InChI is InChI=1S/C18H19N3O2/c1-23-16-9-8-15-18(20-16)21(17(22)11-19-15)14-7-6-12-4-2-3-5-13(12)10-14/h6-10,19H,2-5,11H2,1H3. The predicted octanol–water partition coefficient (Wildman–Crippen LogP) is 3.06. The number of carbonyl (C=O) groups is 1. The molecule has 0 saturated heterocycles. The van der Waals surface area contributed by atoms with Gasteiger partial charge in [0.15, 0.2) is 5.82 Å². The van der Waals surface area contributed by atoms with Gasteiger partial charge in [0, 0.05) is 6.07 Å². The van der Waals surface area contributed by atoms with Crippen LogP contribution in [0.5, 0.6) is 5.88 Å². The number of amides is 1. The Kier molecular flexibility index (Phi) is 3.41. The third-order valence-corrected chi connectivity index (χ3v) is 4.54. The van der Waals surface area contributed by atoms with Crippen LogP contribution in [-0.2, 0) is 17.6 Å². The van der Waals surface area contributed by atoms with Crippen LogP contribution >= 0.6 is 0 Å². The van der Waals surface area contributed by atoms with Crippen molar-refractivity contribution in [1.82, 2.24) is 4.98 Å². The number of benzene rings is 1. The molecule has 2 heterocycles. The van der Waals surface area contributed by atoms with Crippen molar-refractivity contribution >= 4 is 23.1 Å². The van der Waals surface area contributed by atoms with Gasteiger partial charge in [0.1, 0.15) is 0 Å². The molecule has 0 unspecified atom stereocenters. The van der Waals surface area contributed by atoms with E-state index in [2.05, 4.69) is 22.4 Å². The van der Waals surface area contributed by atoms with Gasteiger partial charge in [0.05, 0.1) is 25.0 Å². The summed E-state index contributed by atoms with van der Waals surface area (Å²) in [6, 6.07) is 10.0. The first-order chi connectivity index (χ1) is 11.3. The largest absolute Gasteiger partial charge is 0.481 e. The Morgan fingerprint density at radius 2 is 1.96 bits per heavy atom. The maximum absolute atomic E-state index is 12.5. The number of rotatable bonds is 2. The van der Waals surface area contributed by atoms with E-state index in [9.17, 15) is 4.79 Å². The molecule has 1 aromatic carbocycles. The van der Waals surface area contributed by atoms with E-state index < -0.39 is 0 Å². The van der Waals surface area contributed by atoms with Gasteiger partial charge in [-0.15, -0.1) is 0 Å². The molecule has 1 amide bonds. The molecule has 0 saturated carbocycles. The first kappa shape index (κ1) is 14.1. The number of hydrogen-bond acceptors (Lipinski definition) is 4. The van der Waals surface area contributed by atoms with E-state index >= 15 is 0 Å². The van der Waals surface area contributed by atoms with Gasteiger partial charge in [-0.2, -0.15) is 4.98 Å². The van der Waals surface area contributed by atoms with E-state index in [1.165, 1.54) is 24.0 Å². The normalized spacial score (nSPS) is 16.4. The van der Waals surface area contributed by atoms with Crippen molar-refractivity contribution in [1.29, 1.82) is 0 Å². The van der Waals surface area contributed by atoms with E-state index in [4.69, 9.17) is 4.74 Å². The summed E-state index contributed by atoms with van der Waals surface area (Å²) >= 11 is 0. The molecule has 2 aromatic rings. The average Bonchev–Trinajstić information content (AvgIpc) is 2.60. The molecule has 118 valence electrons. The van der Waals surface area contributed by atoms with Gasteiger partial charge in [-0.3, -0.25) is 9.69 Å². The summed E-state index contributed by atoms with van der Waals surface area (Å²) in [6.45, 7) is 0.276. The Balaban J connectivity index is 1.80. The van der Waals surface area contributed by atoms with Crippen LogP contribution in [0, 0.1) is 0 Å². The molecule has 5 nitrogen and oxygen atoms in total. The smallest absolute Gasteiger partial charge is 0.252 e. The molecule has 1 aliphatic carbocycles. The molecule has 0 atom stereocenters. The Hall–Kier alpha value is -2.56. The van der Waals surface area contributed by atoms with E-state index in [0.29, 0.717) is 11.7 Å². The Labute approximate surface area is 135 Å². The van der Waals surface area contributed by atoms with E-state index in [0.717, 1.165) is 24.2 Å². The number of aryl methyl sites for hydroxylation is 2. The van der Waals surface area contributed by atoms with Gasteiger partial charge in [0.25, 0.3) is 5.91 Å². The highest BCUT2D eigenvalue weighted by Crippen LogP contribution is 2.36. The first-order valence-corrected chi connectivity index (χ1v) is 8.00. The van der Waals surface area contributed by atoms with Gasteiger partial charge in [0.2, 0.25) is 5.88 Å². The number of carbonyl (C=O) groups excluding carboxylic acids is 1. The molecule has 1 aliphatic heterocycles. The van der Waals surface area contributed by atoms with Crippen molar-refractivity contribution < 1.29 is 9.53 Å². The first-order valence-electron chi connectivity index (χ1n) is 8.00. The molecule has 0 spiro atoms. The second-order valence-corrected chi connectivity index (χ2v) is 5.97. The minimum absolute atomic E-state index is 0.00554. The van der Waals surface area contributed by atoms with Crippen molar-refractivity contribution in [3.8, 4) is 5.88 Å². The number of fused-ring (bicyclic) bond motifs is 2. The molecule has 0 bridgehead atoms. The lowest BCUT2D eigenvalue weighted by atomic mass is 9.91. The number of hydrogen-bond donors (Lipinski definition) is 1. The molecule has 23 heavy (non-hydrogen) atoms. The number of pyridine rings is 1. The maximum atomic E-state index is 12.5. The highest BCUT2D eigenvalue weighted by molar-refractivity contribution is 6.07. The van der Waals surface area contributed by atoms with Gasteiger partial charge in [-0.25, -0.2) is 0 Å². The second kappa shape index (κ2) is 5.57. The fourth-order valence-electron chi connectivity index (χ4n) is 3.35. The number of aromatic nitrogens is 1. The van der Waals surface area contributed by atoms with Crippen molar-refractivity contribution in [3.05, 3.63) is 41.5 Å². The van der Waals surface area contributed by atoms with Crippen LogP contribution in [-0.4, -0.2) is 24.5 Å². The van der Waals surface area contributed by atoms with E-state index in [1.807, 2.05) is 12.1 Å². The van der Waals surface area contributed by atoms with Crippen LogP contribution < -0.4 is 15.0 Å². The van der Waals surface area contributed by atoms with Crippen LogP contribution in [0.25, 0.3) is 0 Å². The fraction of sp³-hybridized carbons (Fsp3) is 0.333. The quantitative estimate of drug-likeness (QED) is 0.926. The van der Waals surface area contributed by atoms with Gasteiger partial charge in [-0.05, 0) is 55.0 Å². The van der Waals surface area contributed by atoms with Gasteiger partial charge < -0.3 is 10.1 Å². The summed E-state index contributed by atoms with van der Waals surface area (Å²) in [5.74, 6) is 1.11. The minimum Gasteiger partial charge on any atom is -0.481 e. The number of ether oxygens (including phenoxy) is 1. The molecule has 0 radical (unpaired) electrons. The number of anilines is 3. The molecule has 1 aromatic heterocycles. The zero-order chi connectivity index (χ0) is 15.8. The topological polar surface area (TPSA) is 54.5 Å². The Morgan fingerprint density at radius 1 is 1.13 bits per heavy atom. The zero-order valence-electron chi connectivity index (χ0n) is 13.1. The maximum Gasteiger partial charge on any atom is 0.252 e. The number of nitrogens with one attached hydrogen (secondary N) is 1. The minimum atomic E-state index is -0.00554. The van der Waals surface area contributed by atoms with Crippen molar-refractivity contribution in [2.24, 2.45) is 0 Å². The van der Waals surface area contributed by atoms with Crippen molar-refractivity contribution in [2.45, 2.75) is 25.7 Å². The lowest BCUT2D eigenvalue weighted by Crippen LogP contribution is -2.37. The Morgan fingerprint density at radius 3 is 2.78 bits per heavy atom. The van der Waals surface area contributed by atoms with Crippen molar-refractivity contribution in [3.63, 3.8) is 0 Å². The summed E-state index contributed by atoms with van der Waals surface area (Å²) in [7, 11) is 1.58. The third-order valence-electron chi connectivity index (χ3n) is 4.54. The molecular weight excluding hydrogens is 290 g/mol. The molecule has 0 fully saturated rings. The van der Waals surface area contributed by atoms with Gasteiger partial charge >= 0.3 is 0 Å². The molecule has 2 aliphatic rings. The molecule has 4 rings (SSSR count). The van der Waals surface area contributed by atoms with Crippen LogP contribution in [0.4, 0.5) is 17.2 Å². The van der Waals surface area contributed by atoms with Gasteiger partial charge in [-0.1, -0.05) is 6.07 Å². The van der Waals surface area contributed by atoms with Crippen LogP contribution in [0.2, 0.25) is 0 Å². The van der Waals surface area contributed by atoms with Crippen LogP contribution in [0.15, 0.2) is 30.3 Å². The third kappa shape index (κ3) is 2.42. The SMILES string of the molecule is COc1ccc2c(n1)N(c1ccc3c(c1)CCCC3)C(=O)CN2. The van der Waals surface area contributed by atoms with E-state index in [-0.39, 0.29) is 12.5 Å². The second-order valence-electron chi connectivity index (χ2n) is 5.97. The highest BCUT2D eigenvalue weighted by Gasteiger charge is 2.28.